The molecule has 0 amide bonds. The molecule has 0 unspecified atom stereocenters. The van der Waals surface area contributed by atoms with E-state index in [9.17, 15) is 0 Å². The van der Waals surface area contributed by atoms with Crippen molar-refractivity contribution in [1.29, 1.82) is 0 Å². The van der Waals surface area contributed by atoms with Crippen molar-refractivity contribution in [2.24, 2.45) is 5.41 Å². The first-order valence-corrected chi connectivity index (χ1v) is 14.8. The summed E-state index contributed by atoms with van der Waals surface area (Å²) in [6.07, 6.45) is 13.2. The van der Waals surface area contributed by atoms with Crippen LogP contribution in [0.25, 0.3) is 17.2 Å². The molecule has 1 fully saturated rings. The lowest BCUT2D eigenvalue weighted by Crippen LogP contribution is -2.43. The van der Waals surface area contributed by atoms with Gasteiger partial charge in [-0.1, -0.05) is 73.2 Å². The van der Waals surface area contributed by atoms with Crippen molar-refractivity contribution in [1.82, 2.24) is 0 Å². The average molecular weight is 550 g/mol. The van der Waals surface area contributed by atoms with Gasteiger partial charge in [-0.2, -0.15) is 0 Å². The molecule has 4 nitrogen and oxygen atoms in total. The molecule has 2 aliphatic rings. The minimum absolute atomic E-state index is 0.217. The van der Waals surface area contributed by atoms with Crippen molar-refractivity contribution in [3.63, 3.8) is 0 Å². The Kier molecular flexibility index (Phi) is 9.76. The van der Waals surface area contributed by atoms with E-state index in [-0.39, 0.29) is 5.41 Å². The minimum Gasteiger partial charge on any atom is -0.494 e. The van der Waals surface area contributed by atoms with Crippen molar-refractivity contribution < 1.29 is 14.2 Å². The average Bonchev–Trinajstić information content (AvgIpc) is 2.99. The first-order chi connectivity index (χ1) is 20.0. The van der Waals surface area contributed by atoms with Gasteiger partial charge in [0.05, 0.1) is 26.4 Å². The van der Waals surface area contributed by atoms with Crippen LogP contribution in [0.3, 0.4) is 0 Å². The predicted octanol–water partition coefficient (Wildman–Crippen LogP) is 9.01. The van der Waals surface area contributed by atoms with E-state index < -0.39 is 0 Å². The van der Waals surface area contributed by atoms with Crippen LogP contribution in [0.5, 0.6) is 5.75 Å². The molecule has 1 aliphatic heterocycles. The number of hydrogen-bond donors (Lipinski definition) is 0. The summed E-state index contributed by atoms with van der Waals surface area (Å²) in [6, 6.07) is 25.8. The summed E-state index contributed by atoms with van der Waals surface area (Å²) < 4.78 is 17.2. The van der Waals surface area contributed by atoms with Crippen LogP contribution in [0, 0.1) is 5.41 Å². The van der Waals surface area contributed by atoms with Crippen molar-refractivity contribution in [2.45, 2.75) is 39.5 Å². The standard InChI is InChI=1S/C37H43NO3/c1-29-12-14-30(15-13-29)16-17-31-18-20-34(21-19-31)38(3)35-10-6-8-32(24-35)33-9-7-11-36(25-33)41-23-5-4-22-39-26-37(2)27-40-28-37/h6-12,14,16-21,24-25H,4-5,13,15,22-23,26-28H2,1-3H3/b17-16+. The highest BCUT2D eigenvalue weighted by Gasteiger charge is 2.33. The lowest BCUT2D eigenvalue weighted by molar-refractivity contribution is -0.138. The van der Waals surface area contributed by atoms with Crippen LogP contribution in [0.1, 0.15) is 45.1 Å². The van der Waals surface area contributed by atoms with Gasteiger partial charge in [0, 0.05) is 30.4 Å². The smallest absolute Gasteiger partial charge is 0.119 e. The van der Waals surface area contributed by atoms with Crippen LogP contribution in [-0.4, -0.2) is 40.1 Å². The number of unbranched alkanes of at least 4 members (excludes halogenated alkanes) is 1. The van der Waals surface area contributed by atoms with E-state index in [2.05, 4.69) is 117 Å². The molecule has 0 N–H and O–H groups in total. The number of allylic oxidation sites excluding steroid dienone is 5. The van der Waals surface area contributed by atoms with E-state index in [4.69, 9.17) is 14.2 Å². The summed E-state index contributed by atoms with van der Waals surface area (Å²) >= 11 is 0. The molecule has 4 heteroatoms. The number of rotatable bonds is 13. The Morgan fingerprint density at radius 3 is 2.32 bits per heavy atom. The predicted molar refractivity (Wildman–Crippen MR) is 171 cm³/mol. The zero-order valence-corrected chi connectivity index (χ0v) is 24.8. The van der Waals surface area contributed by atoms with Crippen LogP contribution < -0.4 is 9.64 Å². The molecule has 0 saturated carbocycles. The van der Waals surface area contributed by atoms with Crippen molar-refractivity contribution in [2.75, 3.05) is 45.0 Å². The Morgan fingerprint density at radius 1 is 0.829 bits per heavy atom. The summed E-state index contributed by atoms with van der Waals surface area (Å²) in [5, 5.41) is 0. The molecular formula is C37H43NO3. The van der Waals surface area contributed by atoms with E-state index >= 15 is 0 Å². The second kappa shape index (κ2) is 13.8. The largest absolute Gasteiger partial charge is 0.494 e. The molecule has 1 aliphatic carbocycles. The third kappa shape index (κ3) is 8.22. The van der Waals surface area contributed by atoms with Crippen LogP contribution in [0.4, 0.5) is 11.4 Å². The second-order valence-corrected chi connectivity index (χ2v) is 11.7. The fourth-order valence-electron chi connectivity index (χ4n) is 5.07. The maximum Gasteiger partial charge on any atom is 0.119 e. The Balaban J connectivity index is 1.13. The number of anilines is 2. The second-order valence-electron chi connectivity index (χ2n) is 11.7. The van der Waals surface area contributed by atoms with Gasteiger partial charge in [0.2, 0.25) is 0 Å². The highest BCUT2D eigenvalue weighted by Crippen LogP contribution is 2.31. The highest BCUT2D eigenvalue weighted by molar-refractivity contribution is 5.73. The summed E-state index contributed by atoms with van der Waals surface area (Å²) in [7, 11) is 2.12. The molecule has 3 aromatic carbocycles. The molecule has 1 saturated heterocycles. The Bertz CT molecular complexity index is 1380. The first kappa shape index (κ1) is 28.9. The monoisotopic (exact) mass is 549 g/mol. The third-order valence-electron chi connectivity index (χ3n) is 7.86. The molecule has 0 radical (unpaired) electrons. The lowest BCUT2D eigenvalue weighted by Gasteiger charge is -2.37. The van der Waals surface area contributed by atoms with Gasteiger partial charge in [0.15, 0.2) is 0 Å². The first-order valence-electron chi connectivity index (χ1n) is 14.8. The highest BCUT2D eigenvalue weighted by atomic mass is 16.5. The van der Waals surface area contributed by atoms with Crippen LogP contribution in [-0.2, 0) is 9.47 Å². The van der Waals surface area contributed by atoms with Crippen molar-refractivity contribution >= 4 is 17.5 Å². The van der Waals surface area contributed by atoms with E-state index in [1.54, 1.807) is 0 Å². The summed E-state index contributed by atoms with van der Waals surface area (Å²) in [4.78, 5) is 2.23. The maximum absolute atomic E-state index is 6.07. The summed E-state index contributed by atoms with van der Waals surface area (Å²) in [5.74, 6) is 0.903. The van der Waals surface area contributed by atoms with Gasteiger partial charge in [-0.3, -0.25) is 0 Å². The molecule has 0 bridgehead atoms. The third-order valence-corrected chi connectivity index (χ3v) is 7.86. The lowest BCUT2D eigenvalue weighted by atomic mass is 9.90. The van der Waals surface area contributed by atoms with E-state index in [1.807, 2.05) is 6.07 Å². The quantitative estimate of drug-likeness (QED) is 0.199. The number of ether oxygens (including phenoxy) is 3. The van der Waals surface area contributed by atoms with Gasteiger partial charge in [-0.25, -0.2) is 0 Å². The number of hydrogen-bond acceptors (Lipinski definition) is 4. The summed E-state index contributed by atoms with van der Waals surface area (Å²) in [5.41, 5.74) is 8.90. The van der Waals surface area contributed by atoms with Crippen LogP contribution >= 0.6 is 0 Å². The van der Waals surface area contributed by atoms with Gasteiger partial charge < -0.3 is 19.1 Å². The molecule has 0 spiro atoms. The summed E-state index contributed by atoms with van der Waals surface area (Å²) in [6.45, 7) is 8.28. The molecule has 1 heterocycles. The van der Waals surface area contributed by atoms with Crippen molar-refractivity contribution in [3.05, 3.63) is 108 Å². The fourth-order valence-corrected chi connectivity index (χ4v) is 5.07. The van der Waals surface area contributed by atoms with E-state index in [1.165, 1.54) is 22.3 Å². The number of benzene rings is 3. The Labute approximate surface area is 245 Å². The molecule has 41 heavy (non-hydrogen) atoms. The van der Waals surface area contributed by atoms with Gasteiger partial charge in [-0.05, 0) is 91.3 Å². The van der Waals surface area contributed by atoms with Gasteiger partial charge in [0.25, 0.3) is 0 Å². The molecule has 214 valence electrons. The van der Waals surface area contributed by atoms with Gasteiger partial charge in [0.1, 0.15) is 5.75 Å². The zero-order chi connectivity index (χ0) is 28.5. The Hall–Kier alpha value is -3.60. The zero-order valence-electron chi connectivity index (χ0n) is 24.8. The van der Waals surface area contributed by atoms with E-state index in [0.29, 0.717) is 6.61 Å². The van der Waals surface area contributed by atoms with Gasteiger partial charge >= 0.3 is 0 Å². The minimum atomic E-state index is 0.217. The van der Waals surface area contributed by atoms with Crippen molar-refractivity contribution in [3.8, 4) is 16.9 Å². The van der Waals surface area contributed by atoms with Gasteiger partial charge in [-0.15, -0.1) is 0 Å². The maximum atomic E-state index is 6.07. The molecule has 3 aromatic rings. The topological polar surface area (TPSA) is 30.9 Å². The molecule has 0 atom stereocenters. The Morgan fingerprint density at radius 2 is 1.59 bits per heavy atom. The van der Waals surface area contributed by atoms with E-state index in [0.717, 1.165) is 74.8 Å². The van der Waals surface area contributed by atoms with Crippen LogP contribution in [0.2, 0.25) is 0 Å². The fraction of sp³-hybridized carbons (Fsp3) is 0.351. The van der Waals surface area contributed by atoms with Crippen LogP contribution in [0.15, 0.2) is 102 Å². The number of nitrogens with zero attached hydrogens (tertiary/aromatic N) is 1. The SMILES string of the molecule is CC1=CC=C(/C=C/c2ccc(N(C)c3cccc(-c4cccc(OCCCCOCC5(C)COC5)c4)c3)cc2)CC1. The normalized spacial score (nSPS) is 16.2. The molecular weight excluding hydrogens is 506 g/mol. The molecule has 5 rings (SSSR count). The molecule has 0 aromatic heterocycles.